The molecule has 0 radical (unpaired) electrons. The lowest BCUT2D eigenvalue weighted by atomic mass is 9.98. The Labute approximate surface area is 129 Å². The van der Waals surface area contributed by atoms with Gasteiger partial charge in [-0.2, -0.15) is 0 Å². The quantitative estimate of drug-likeness (QED) is 0.468. The fourth-order valence-electron chi connectivity index (χ4n) is 1.79. The monoisotopic (exact) mass is 309 g/mol. The standard InChI is InChI=1S/C15H19NO4S/c1-3-19-14(17)12(15(18)20-4-2)9-10-5-7-11(8-6-10)13(16)21/h5-8,12H,3-4,9H2,1-2H3,(H2,16,21). The summed E-state index contributed by atoms with van der Waals surface area (Å²) in [6.45, 7) is 3.82. The zero-order valence-corrected chi connectivity index (χ0v) is 12.9. The maximum absolute atomic E-state index is 11.9. The van der Waals surface area contributed by atoms with Gasteiger partial charge < -0.3 is 15.2 Å². The van der Waals surface area contributed by atoms with Crippen molar-refractivity contribution >= 4 is 29.1 Å². The number of thiocarbonyl (C=S) groups is 1. The van der Waals surface area contributed by atoms with Crippen LogP contribution < -0.4 is 5.73 Å². The summed E-state index contributed by atoms with van der Waals surface area (Å²) in [5.74, 6) is -2.11. The van der Waals surface area contributed by atoms with Crippen molar-refractivity contribution in [3.8, 4) is 0 Å². The van der Waals surface area contributed by atoms with Crippen LogP contribution in [0, 0.1) is 5.92 Å². The Kier molecular flexibility index (Phi) is 6.81. The molecule has 0 fully saturated rings. The van der Waals surface area contributed by atoms with Crippen molar-refractivity contribution in [1.82, 2.24) is 0 Å². The molecule has 0 amide bonds. The fraction of sp³-hybridized carbons (Fsp3) is 0.400. The van der Waals surface area contributed by atoms with Crippen molar-refractivity contribution < 1.29 is 19.1 Å². The predicted octanol–water partition coefficient (Wildman–Crippen LogP) is 1.61. The maximum Gasteiger partial charge on any atom is 0.320 e. The minimum Gasteiger partial charge on any atom is -0.465 e. The zero-order valence-electron chi connectivity index (χ0n) is 12.1. The van der Waals surface area contributed by atoms with Crippen LogP contribution in [-0.2, 0) is 25.5 Å². The SMILES string of the molecule is CCOC(=O)C(Cc1ccc(C(N)=S)cc1)C(=O)OCC. The first-order valence-corrected chi connectivity index (χ1v) is 7.12. The lowest BCUT2D eigenvalue weighted by Gasteiger charge is -2.14. The fourth-order valence-corrected chi connectivity index (χ4v) is 1.93. The van der Waals surface area contributed by atoms with Crippen molar-refractivity contribution in [2.45, 2.75) is 20.3 Å². The van der Waals surface area contributed by atoms with Crippen LogP contribution in [0.5, 0.6) is 0 Å². The summed E-state index contributed by atoms with van der Waals surface area (Å²) in [5, 5.41) is 0. The van der Waals surface area contributed by atoms with E-state index >= 15 is 0 Å². The number of carbonyl (C=O) groups is 2. The molecule has 0 aliphatic carbocycles. The molecule has 5 nitrogen and oxygen atoms in total. The second-order valence-corrected chi connectivity index (χ2v) is 4.76. The van der Waals surface area contributed by atoms with Gasteiger partial charge in [0, 0.05) is 5.56 Å². The predicted molar refractivity (Wildman–Crippen MR) is 82.8 cm³/mol. The van der Waals surface area contributed by atoms with Gasteiger partial charge in [0.15, 0.2) is 5.92 Å². The lowest BCUT2D eigenvalue weighted by Crippen LogP contribution is -2.30. The molecule has 1 aromatic carbocycles. The van der Waals surface area contributed by atoms with Gasteiger partial charge >= 0.3 is 11.9 Å². The molecule has 0 atom stereocenters. The highest BCUT2D eigenvalue weighted by Crippen LogP contribution is 2.14. The molecule has 1 rings (SSSR count). The Morgan fingerprint density at radius 2 is 1.57 bits per heavy atom. The average Bonchev–Trinajstić information content (AvgIpc) is 2.45. The lowest BCUT2D eigenvalue weighted by molar-refractivity contribution is -0.161. The Hall–Kier alpha value is -1.95. The number of esters is 2. The van der Waals surface area contributed by atoms with Gasteiger partial charge in [0.25, 0.3) is 0 Å². The number of carbonyl (C=O) groups excluding carboxylic acids is 2. The third-order valence-corrected chi connectivity index (χ3v) is 3.06. The van der Waals surface area contributed by atoms with Gasteiger partial charge in [-0.25, -0.2) is 0 Å². The van der Waals surface area contributed by atoms with E-state index in [1.54, 1.807) is 38.1 Å². The zero-order chi connectivity index (χ0) is 15.8. The third-order valence-electron chi connectivity index (χ3n) is 2.82. The van der Waals surface area contributed by atoms with Gasteiger partial charge in [-0.15, -0.1) is 0 Å². The van der Waals surface area contributed by atoms with Crippen molar-refractivity contribution in [2.75, 3.05) is 13.2 Å². The van der Waals surface area contributed by atoms with E-state index in [0.29, 0.717) is 4.99 Å². The van der Waals surface area contributed by atoms with E-state index < -0.39 is 17.9 Å². The molecule has 1 aromatic rings. The van der Waals surface area contributed by atoms with Crippen molar-refractivity contribution in [2.24, 2.45) is 11.7 Å². The number of nitrogens with two attached hydrogens (primary N) is 1. The molecule has 0 unspecified atom stereocenters. The van der Waals surface area contributed by atoms with Gasteiger partial charge in [-0.05, 0) is 25.8 Å². The molecule has 0 aromatic heterocycles. The number of hydrogen-bond donors (Lipinski definition) is 1. The molecular formula is C15H19NO4S. The summed E-state index contributed by atoms with van der Waals surface area (Å²) in [5.41, 5.74) is 7.06. The van der Waals surface area contributed by atoms with E-state index in [-0.39, 0.29) is 19.6 Å². The second-order valence-electron chi connectivity index (χ2n) is 4.32. The summed E-state index contributed by atoms with van der Waals surface area (Å²) in [6.07, 6.45) is 0.218. The van der Waals surface area contributed by atoms with Crippen molar-refractivity contribution in [3.63, 3.8) is 0 Å². The number of benzene rings is 1. The number of ether oxygens (including phenoxy) is 2. The largest absolute Gasteiger partial charge is 0.465 e. The van der Waals surface area contributed by atoms with E-state index in [0.717, 1.165) is 11.1 Å². The average molecular weight is 309 g/mol. The first kappa shape index (κ1) is 17.1. The van der Waals surface area contributed by atoms with E-state index in [9.17, 15) is 9.59 Å². The smallest absolute Gasteiger partial charge is 0.320 e. The summed E-state index contributed by atoms with van der Waals surface area (Å²) in [7, 11) is 0. The highest BCUT2D eigenvalue weighted by Gasteiger charge is 2.29. The molecule has 0 spiro atoms. The van der Waals surface area contributed by atoms with Crippen LogP contribution in [0.3, 0.4) is 0 Å². The normalized spacial score (nSPS) is 10.2. The molecule has 0 bridgehead atoms. The van der Waals surface area contributed by atoms with Crippen LogP contribution in [0.15, 0.2) is 24.3 Å². The summed E-state index contributed by atoms with van der Waals surface area (Å²) >= 11 is 4.87. The van der Waals surface area contributed by atoms with Crippen LogP contribution >= 0.6 is 12.2 Å². The molecule has 6 heteroatoms. The molecular weight excluding hydrogens is 290 g/mol. The highest BCUT2D eigenvalue weighted by molar-refractivity contribution is 7.80. The van der Waals surface area contributed by atoms with Gasteiger partial charge in [-0.3, -0.25) is 9.59 Å². The Balaban J connectivity index is 2.86. The third kappa shape index (κ3) is 5.15. The summed E-state index contributed by atoms with van der Waals surface area (Å²) in [4.78, 5) is 24.1. The summed E-state index contributed by atoms with van der Waals surface area (Å²) in [6, 6.07) is 7.07. The van der Waals surface area contributed by atoms with Gasteiger partial charge in [0.1, 0.15) is 4.99 Å². The van der Waals surface area contributed by atoms with Crippen LogP contribution in [0.1, 0.15) is 25.0 Å². The molecule has 0 saturated heterocycles. The van der Waals surface area contributed by atoms with Crippen LogP contribution in [0.4, 0.5) is 0 Å². The van der Waals surface area contributed by atoms with Gasteiger partial charge in [0.2, 0.25) is 0 Å². The Morgan fingerprint density at radius 1 is 1.10 bits per heavy atom. The van der Waals surface area contributed by atoms with Crippen molar-refractivity contribution in [1.29, 1.82) is 0 Å². The second kappa shape index (κ2) is 8.36. The van der Waals surface area contributed by atoms with E-state index in [4.69, 9.17) is 27.4 Å². The van der Waals surface area contributed by atoms with Crippen LogP contribution in [0.25, 0.3) is 0 Å². The van der Waals surface area contributed by atoms with E-state index in [1.807, 2.05) is 0 Å². The molecule has 0 aliphatic heterocycles. The number of rotatable bonds is 7. The topological polar surface area (TPSA) is 78.6 Å². The minimum atomic E-state index is -0.958. The molecule has 114 valence electrons. The molecule has 2 N–H and O–H groups in total. The molecule has 0 heterocycles. The maximum atomic E-state index is 11.9. The van der Waals surface area contributed by atoms with Crippen molar-refractivity contribution in [3.05, 3.63) is 35.4 Å². The van der Waals surface area contributed by atoms with E-state index in [2.05, 4.69) is 0 Å². The molecule has 0 aliphatic rings. The Bertz CT molecular complexity index is 495. The first-order valence-electron chi connectivity index (χ1n) is 6.71. The first-order chi connectivity index (χ1) is 9.99. The van der Waals surface area contributed by atoms with Gasteiger partial charge in [-0.1, -0.05) is 36.5 Å². The highest BCUT2D eigenvalue weighted by atomic mass is 32.1. The number of hydrogen-bond acceptors (Lipinski definition) is 5. The van der Waals surface area contributed by atoms with Crippen LogP contribution in [-0.4, -0.2) is 30.1 Å². The molecule has 21 heavy (non-hydrogen) atoms. The summed E-state index contributed by atoms with van der Waals surface area (Å²) < 4.78 is 9.85. The Morgan fingerprint density at radius 3 is 1.95 bits per heavy atom. The minimum absolute atomic E-state index is 0.217. The molecule has 0 saturated carbocycles. The van der Waals surface area contributed by atoms with E-state index in [1.165, 1.54) is 0 Å². The van der Waals surface area contributed by atoms with Gasteiger partial charge in [0.05, 0.1) is 13.2 Å². The van der Waals surface area contributed by atoms with Crippen LogP contribution in [0.2, 0.25) is 0 Å².